The quantitative estimate of drug-likeness (QED) is 0.230. The van der Waals surface area contributed by atoms with Crippen LogP contribution in [0.15, 0.2) is 54.9 Å². The van der Waals surface area contributed by atoms with Crippen LogP contribution in [0.1, 0.15) is 67.1 Å². The maximum absolute atomic E-state index is 6.51. The SMILES string of the molecule is CCc1cccc(CC)c1-c1nc(C)c(COc2cc(C(C)C)ccc2C)c(N2CCN(c3ncccn3)CC2)n1. The highest BCUT2D eigenvalue weighted by atomic mass is 16.5. The predicted molar refractivity (Wildman–Crippen MR) is 167 cm³/mol. The van der Waals surface area contributed by atoms with Gasteiger partial charge in [-0.25, -0.2) is 19.9 Å². The van der Waals surface area contributed by atoms with Gasteiger partial charge in [-0.3, -0.25) is 0 Å². The molecule has 0 unspecified atom stereocenters. The lowest BCUT2D eigenvalue weighted by atomic mass is 9.96. The van der Waals surface area contributed by atoms with E-state index in [1.807, 2.05) is 6.07 Å². The van der Waals surface area contributed by atoms with Crippen LogP contribution < -0.4 is 14.5 Å². The Bertz CT molecular complexity index is 1460. The summed E-state index contributed by atoms with van der Waals surface area (Å²) < 4.78 is 6.51. The Kier molecular flexibility index (Phi) is 8.81. The zero-order chi connectivity index (χ0) is 28.9. The Morgan fingerprint density at radius 2 is 1.49 bits per heavy atom. The molecule has 1 aliphatic rings. The largest absolute Gasteiger partial charge is 0.488 e. The lowest BCUT2D eigenvalue weighted by Crippen LogP contribution is -2.47. The van der Waals surface area contributed by atoms with E-state index in [1.165, 1.54) is 22.3 Å². The molecule has 2 aromatic heterocycles. The van der Waals surface area contributed by atoms with Crippen molar-refractivity contribution in [2.45, 2.75) is 66.9 Å². The summed E-state index contributed by atoms with van der Waals surface area (Å²) in [5, 5.41) is 0. The lowest BCUT2D eigenvalue weighted by molar-refractivity contribution is 0.302. The summed E-state index contributed by atoms with van der Waals surface area (Å²) in [7, 11) is 0. The fourth-order valence-electron chi connectivity index (χ4n) is 5.51. The number of ether oxygens (including phenoxy) is 1. The molecule has 5 rings (SSSR count). The van der Waals surface area contributed by atoms with Gasteiger partial charge in [0.15, 0.2) is 5.82 Å². The molecule has 7 nitrogen and oxygen atoms in total. The van der Waals surface area contributed by atoms with Crippen LogP contribution in [0.4, 0.5) is 11.8 Å². The molecule has 4 aromatic rings. The highest BCUT2D eigenvalue weighted by Crippen LogP contribution is 2.33. The standard InChI is InChI=1S/C34H42N6O/c1-7-26-11-9-12-27(8-2)31(26)32-37-25(6)29(22-41-30-21-28(23(3)4)14-13-24(30)5)33(38-32)39-17-19-40(20-18-39)34-35-15-10-16-36-34/h9-16,21,23H,7-8,17-20,22H2,1-6H3. The van der Waals surface area contributed by atoms with E-state index in [0.29, 0.717) is 12.5 Å². The maximum Gasteiger partial charge on any atom is 0.225 e. The summed E-state index contributed by atoms with van der Waals surface area (Å²) in [6.45, 7) is 16.7. The van der Waals surface area contributed by atoms with Crippen LogP contribution in [-0.2, 0) is 19.4 Å². The molecule has 1 fully saturated rings. The number of aryl methyl sites for hydroxylation is 4. The number of aromatic nitrogens is 4. The van der Waals surface area contributed by atoms with E-state index in [4.69, 9.17) is 14.7 Å². The third-order valence-electron chi connectivity index (χ3n) is 8.08. The second kappa shape index (κ2) is 12.7. The first-order valence-corrected chi connectivity index (χ1v) is 14.9. The average molecular weight is 551 g/mol. The topological polar surface area (TPSA) is 67.3 Å². The average Bonchev–Trinajstić information content (AvgIpc) is 3.00. The molecule has 214 valence electrons. The van der Waals surface area contributed by atoms with Gasteiger partial charge in [0.1, 0.15) is 18.2 Å². The van der Waals surface area contributed by atoms with Gasteiger partial charge < -0.3 is 14.5 Å². The van der Waals surface area contributed by atoms with Gasteiger partial charge in [0.05, 0.1) is 11.3 Å². The van der Waals surface area contributed by atoms with Gasteiger partial charge in [0, 0.05) is 44.1 Å². The fraction of sp³-hybridized carbons (Fsp3) is 0.412. The molecule has 0 saturated carbocycles. The Morgan fingerprint density at radius 3 is 2.12 bits per heavy atom. The number of rotatable bonds is 9. The van der Waals surface area contributed by atoms with Gasteiger partial charge in [-0.15, -0.1) is 0 Å². The summed E-state index contributed by atoms with van der Waals surface area (Å²) in [6, 6.07) is 14.9. The number of hydrogen-bond acceptors (Lipinski definition) is 7. The molecule has 0 spiro atoms. The first-order chi connectivity index (χ1) is 19.9. The van der Waals surface area contributed by atoms with E-state index >= 15 is 0 Å². The summed E-state index contributed by atoms with van der Waals surface area (Å²) in [5.41, 5.74) is 8.15. The highest BCUT2D eigenvalue weighted by Gasteiger charge is 2.25. The highest BCUT2D eigenvalue weighted by molar-refractivity contribution is 5.68. The van der Waals surface area contributed by atoms with E-state index in [2.05, 4.69) is 97.7 Å². The van der Waals surface area contributed by atoms with Crippen LogP contribution in [0.25, 0.3) is 11.4 Å². The number of anilines is 2. The number of benzene rings is 2. The molecule has 2 aromatic carbocycles. The molecule has 3 heterocycles. The number of hydrogen-bond donors (Lipinski definition) is 0. The molecule has 1 aliphatic heterocycles. The third kappa shape index (κ3) is 6.19. The van der Waals surface area contributed by atoms with Crippen LogP contribution in [0, 0.1) is 13.8 Å². The fourth-order valence-corrected chi connectivity index (χ4v) is 5.51. The van der Waals surface area contributed by atoms with Crippen molar-refractivity contribution in [3.63, 3.8) is 0 Å². The van der Waals surface area contributed by atoms with Crippen molar-refractivity contribution in [2.24, 2.45) is 0 Å². The van der Waals surface area contributed by atoms with Gasteiger partial charge in [-0.2, -0.15) is 0 Å². The van der Waals surface area contributed by atoms with Crippen molar-refractivity contribution in [3.8, 4) is 17.1 Å². The third-order valence-corrected chi connectivity index (χ3v) is 8.08. The minimum absolute atomic E-state index is 0.419. The van der Waals surface area contributed by atoms with Crippen LogP contribution in [0.3, 0.4) is 0 Å². The Labute approximate surface area is 244 Å². The molecule has 41 heavy (non-hydrogen) atoms. The number of piperazine rings is 1. The Balaban J connectivity index is 1.52. The lowest BCUT2D eigenvalue weighted by Gasteiger charge is -2.36. The summed E-state index contributed by atoms with van der Waals surface area (Å²) in [4.78, 5) is 24.0. The predicted octanol–water partition coefficient (Wildman–Crippen LogP) is 6.70. The van der Waals surface area contributed by atoms with Crippen LogP contribution >= 0.6 is 0 Å². The Hall–Kier alpha value is -4.00. The summed E-state index contributed by atoms with van der Waals surface area (Å²) in [5.74, 6) is 3.91. The second-order valence-electron chi connectivity index (χ2n) is 11.1. The second-order valence-corrected chi connectivity index (χ2v) is 11.1. The first kappa shape index (κ1) is 28.5. The van der Waals surface area contributed by atoms with E-state index in [1.54, 1.807) is 12.4 Å². The molecule has 7 heteroatoms. The molecular weight excluding hydrogens is 508 g/mol. The van der Waals surface area contributed by atoms with E-state index in [0.717, 1.165) is 79.2 Å². The zero-order valence-electron chi connectivity index (χ0n) is 25.3. The monoisotopic (exact) mass is 550 g/mol. The zero-order valence-corrected chi connectivity index (χ0v) is 25.3. The number of nitrogens with zero attached hydrogens (tertiary/aromatic N) is 6. The summed E-state index contributed by atoms with van der Waals surface area (Å²) in [6.07, 6.45) is 5.48. The molecule has 0 N–H and O–H groups in total. The first-order valence-electron chi connectivity index (χ1n) is 14.9. The van der Waals surface area contributed by atoms with Crippen LogP contribution in [0.5, 0.6) is 5.75 Å². The molecule has 0 bridgehead atoms. The van der Waals surface area contributed by atoms with Gasteiger partial charge in [-0.1, -0.05) is 58.0 Å². The van der Waals surface area contributed by atoms with Gasteiger partial charge in [0.25, 0.3) is 0 Å². The van der Waals surface area contributed by atoms with Crippen LogP contribution in [0.2, 0.25) is 0 Å². The van der Waals surface area contributed by atoms with Crippen molar-refractivity contribution in [3.05, 3.63) is 88.4 Å². The van der Waals surface area contributed by atoms with Crippen molar-refractivity contribution >= 4 is 11.8 Å². The van der Waals surface area contributed by atoms with Crippen LogP contribution in [-0.4, -0.2) is 46.1 Å². The van der Waals surface area contributed by atoms with Gasteiger partial charge in [0.2, 0.25) is 5.95 Å². The molecule has 0 atom stereocenters. The van der Waals surface area contributed by atoms with Crippen molar-refractivity contribution < 1.29 is 4.74 Å². The molecule has 1 saturated heterocycles. The van der Waals surface area contributed by atoms with Crippen molar-refractivity contribution in [1.82, 2.24) is 19.9 Å². The van der Waals surface area contributed by atoms with Crippen molar-refractivity contribution in [1.29, 1.82) is 0 Å². The van der Waals surface area contributed by atoms with E-state index < -0.39 is 0 Å². The van der Waals surface area contributed by atoms with Crippen molar-refractivity contribution in [2.75, 3.05) is 36.0 Å². The van der Waals surface area contributed by atoms with E-state index in [-0.39, 0.29) is 0 Å². The smallest absolute Gasteiger partial charge is 0.225 e. The maximum atomic E-state index is 6.51. The minimum Gasteiger partial charge on any atom is -0.488 e. The molecule has 0 amide bonds. The Morgan fingerprint density at radius 1 is 0.829 bits per heavy atom. The normalized spacial score (nSPS) is 13.6. The van der Waals surface area contributed by atoms with E-state index in [9.17, 15) is 0 Å². The summed E-state index contributed by atoms with van der Waals surface area (Å²) >= 11 is 0. The molecule has 0 radical (unpaired) electrons. The minimum atomic E-state index is 0.419. The molecule has 0 aliphatic carbocycles. The molecular formula is C34H42N6O. The van der Waals surface area contributed by atoms with Gasteiger partial charge in [-0.05, 0) is 67.0 Å². The van der Waals surface area contributed by atoms with Gasteiger partial charge >= 0.3 is 0 Å².